The normalized spacial score (nSPS) is 26.4. The van der Waals surface area contributed by atoms with Gasteiger partial charge in [-0.25, -0.2) is 4.98 Å². The maximum atomic E-state index is 13.0. The summed E-state index contributed by atoms with van der Waals surface area (Å²) in [5, 5.41) is 6.76. The topological polar surface area (TPSA) is 48.5 Å². The van der Waals surface area contributed by atoms with Crippen LogP contribution >= 0.6 is 11.3 Å². The van der Waals surface area contributed by atoms with Crippen molar-refractivity contribution in [2.75, 3.05) is 32.7 Å². The molecule has 0 aliphatic carbocycles. The number of hydrogen-bond acceptors (Lipinski definition) is 5. The molecule has 2 aliphatic rings. The molecule has 1 N–H and O–H groups in total. The average molecular weight is 337 g/mol. The highest BCUT2D eigenvalue weighted by Crippen LogP contribution is 2.26. The number of nitrogens with one attached hydrogen (secondary N) is 1. The number of carbonyl (C=O) groups excluding carboxylic acids is 1. The first-order valence-corrected chi connectivity index (χ1v) is 9.69. The quantitative estimate of drug-likeness (QED) is 0.914. The molecule has 0 bridgehead atoms. The Kier molecular flexibility index (Phi) is 5.34. The Labute approximate surface area is 143 Å². The van der Waals surface area contributed by atoms with Gasteiger partial charge in [-0.2, -0.15) is 0 Å². The zero-order valence-electron chi connectivity index (χ0n) is 14.3. The Balaban J connectivity index is 1.58. The predicted molar refractivity (Wildman–Crippen MR) is 93.6 cm³/mol. The number of aromatic nitrogens is 1. The van der Waals surface area contributed by atoms with Crippen molar-refractivity contribution in [2.45, 2.75) is 51.6 Å². The molecule has 3 rings (SSSR count). The van der Waals surface area contributed by atoms with E-state index < -0.39 is 0 Å². The summed E-state index contributed by atoms with van der Waals surface area (Å²) in [6.07, 6.45) is 4.04. The van der Waals surface area contributed by atoms with Crippen molar-refractivity contribution in [1.82, 2.24) is 20.1 Å². The minimum atomic E-state index is -0.290. The van der Waals surface area contributed by atoms with Gasteiger partial charge >= 0.3 is 0 Å². The first-order chi connectivity index (χ1) is 11.1. The maximum absolute atomic E-state index is 13.0. The zero-order valence-corrected chi connectivity index (χ0v) is 15.1. The Hall–Kier alpha value is -0.980. The van der Waals surface area contributed by atoms with Crippen LogP contribution in [0.3, 0.4) is 0 Å². The van der Waals surface area contributed by atoms with Gasteiger partial charge in [0.1, 0.15) is 0 Å². The summed E-state index contributed by atoms with van der Waals surface area (Å²) in [7, 11) is 0. The van der Waals surface area contributed by atoms with Gasteiger partial charge in [0.2, 0.25) is 5.91 Å². The molecule has 0 spiro atoms. The van der Waals surface area contributed by atoms with E-state index in [-0.39, 0.29) is 5.54 Å². The molecule has 23 heavy (non-hydrogen) atoms. The predicted octanol–water partition coefficient (Wildman–Crippen LogP) is 2.02. The van der Waals surface area contributed by atoms with Gasteiger partial charge in [-0.15, -0.1) is 11.3 Å². The van der Waals surface area contributed by atoms with Crippen LogP contribution in [-0.2, 0) is 11.3 Å². The molecule has 6 heteroatoms. The van der Waals surface area contributed by atoms with Crippen LogP contribution in [0.1, 0.15) is 43.3 Å². The fraction of sp³-hybridized carbons (Fsp3) is 0.765. The van der Waals surface area contributed by atoms with E-state index in [0.717, 1.165) is 75.7 Å². The highest BCUT2D eigenvalue weighted by Gasteiger charge is 2.41. The van der Waals surface area contributed by atoms with Crippen molar-refractivity contribution < 1.29 is 4.79 Å². The fourth-order valence-electron chi connectivity index (χ4n) is 3.79. The largest absolute Gasteiger partial charge is 0.340 e. The third-order valence-corrected chi connectivity index (χ3v) is 6.01. The van der Waals surface area contributed by atoms with Crippen molar-refractivity contribution in [3.05, 3.63) is 16.1 Å². The number of nitrogens with zero attached hydrogens (tertiary/aromatic N) is 3. The van der Waals surface area contributed by atoms with Gasteiger partial charge in [0.05, 0.1) is 16.2 Å². The summed E-state index contributed by atoms with van der Waals surface area (Å²) >= 11 is 1.71. The molecule has 1 aromatic rings. The Morgan fingerprint density at radius 3 is 2.87 bits per heavy atom. The summed E-state index contributed by atoms with van der Waals surface area (Å²) in [5.41, 5.74) is 0.871. The van der Waals surface area contributed by atoms with Gasteiger partial charge in [0.25, 0.3) is 0 Å². The lowest BCUT2D eigenvalue weighted by Crippen LogP contribution is -2.55. The van der Waals surface area contributed by atoms with E-state index >= 15 is 0 Å². The molecule has 2 fully saturated rings. The van der Waals surface area contributed by atoms with Crippen LogP contribution in [0.2, 0.25) is 0 Å². The summed E-state index contributed by atoms with van der Waals surface area (Å²) in [6.45, 7) is 9.78. The molecule has 0 aromatic carbocycles. The molecule has 128 valence electrons. The van der Waals surface area contributed by atoms with Gasteiger partial charge in [-0.05, 0) is 39.2 Å². The number of thiazole rings is 1. The van der Waals surface area contributed by atoms with E-state index in [9.17, 15) is 4.79 Å². The van der Waals surface area contributed by atoms with E-state index in [0.29, 0.717) is 5.91 Å². The van der Waals surface area contributed by atoms with Gasteiger partial charge in [0, 0.05) is 38.1 Å². The van der Waals surface area contributed by atoms with Gasteiger partial charge in [-0.3, -0.25) is 9.69 Å². The Morgan fingerprint density at radius 2 is 2.22 bits per heavy atom. The molecule has 1 aromatic heterocycles. The van der Waals surface area contributed by atoms with E-state index in [2.05, 4.69) is 39.3 Å². The number of hydrogen-bond donors (Lipinski definition) is 1. The Bertz CT molecular complexity index is 538. The van der Waals surface area contributed by atoms with Crippen LogP contribution in [-0.4, -0.2) is 59.0 Å². The first-order valence-electron chi connectivity index (χ1n) is 8.81. The second kappa shape index (κ2) is 7.28. The fourth-order valence-corrected chi connectivity index (χ4v) is 4.39. The molecule has 5 nitrogen and oxygen atoms in total. The molecule has 0 radical (unpaired) electrons. The summed E-state index contributed by atoms with van der Waals surface area (Å²) in [6, 6.07) is 0. The minimum absolute atomic E-state index is 0.290. The van der Waals surface area contributed by atoms with E-state index in [1.54, 1.807) is 11.3 Å². The summed E-state index contributed by atoms with van der Waals surface area (Å²) in [4.78, 5) is 22.1. The number of amides is 1. The lowest BCUT2D eigenvalue weighted by atomic mass is 9.92. The molecular weight excluding hydrogens is 308 g/mol. The molecule has 1 atom stereocenters. The monoisotopic (exact) mass is 336 g/mol. The second-order valence-corrected chi connectivity index (χ2v) is 7.81. The molecule has 1 unspecified atom stereocenters. The van der Waals surface area contributed by atoms with Crippen LogP contribution in [0.25, 0.3) is 0 Å². The van der Waals surface area contributed by atoms with Gasteiger partial charge < -0.3 is 10.2 Å². The third kappa shape index (κ3) is 3.75. The van der Waals surface area contributed by atoms with E-state index in [1.165, 1.54) is 0 Å². The first kappa shape index (κ1) is 16.9. The number of carbonyl (C=O) groups is 1. The zero-order chi connectivity index (χ0) is 16.3. The average Bonchev–Trinajstić information content (AvgIpc) is 3.13. The minimum Gasteiger partial charge on any atom is -0.340 e. The lowest BCUT2D eigenvalue weighted by molar-refractivity contribution is -0.137. The van der Waals surface area contributed by atoms with Gasteiger partial charge in [-0.1, -0.05) is 6.92 Å². The van der Waals surface area contributed by atoms with E-state index in [4.69, 9.17) is 0 Å². The van der Waals surface area contributed by atoms with Gasteiger partial charge in [0.15, 0.2) is 0 Å². The third-order valence-electron chi connectivity index (χ3n) is 5.18. The molecule has 2 saturated heterocycles. The highest BCUT2D eigenvalue weighted by molar-refractivity contribution is 7.09. The Morgan fingerprint density at radius 1 is 1.35 bits per heavy atom. The van der Waals surface area contributed by atoms with E-state index in [1.807, 2.05) is 0 Å². The highest BCUT2D eigenvalue weighted by atomic mass is 32.1. The molecular formula is C17H28N4OS. The van der Waals surface area contributed by atoms with Crippen LogP contribution in [0.15, 0.2) is 5.38 Å². The number of rotatable bonds is 4. The molecule has 3 heterocycles. The molecule has 1 amide bonds. The lowest BCUT2D eigenvalue weighted by Gasteiger charge is -2.33. The van der Waals surface area contributed by atoms with Crippen LogP contribution in [0.4, 0.5) is 0 Å². The molecule has 0 saturated carbocycles. The van der Waals surface area contributed by atoms with Crippen molar-refractivity contribution in [2.24, 2.45) is 0 Å². The van der Waals surface area contributed by atoms with Crippen LogP contribution in [0, 0.1) is 6.92 Å². The second-order valence-electron chi connectivity index (χ2n) is 6.75. The standard InChI is InChI=1S/C17H28N4OS/c1-3-17(6-4-7-18-17)16(22)21-9-5-8-20(10-11-21)12-15-13-23-14(2)19-15/h13,18H,3-12H2,1-2H3. The summed E-state index contributed by atoms with van der Waals surface area (Å²) < 4.78 is 0. The van der Waals surface area contributed by atoms with Crippen molar-refractivity contribution in [1.29, 1.82) is 0 Å². The number of aryl methyl sites for hydroxylation is 1. The summed E-state index contributed by atoms with van der Waals surface area (Å²) in [5.74, 6) is 0.323. The van der Waals surface area contributed by atoms with Crippen molar-refractivity contribution in [3.63, 3.8) is 0 Å². The maximum Gasteiger partial charge on any atom is 0.242 e. The van der Waals surface area contributed by atoms with Crippen molar-refractivity contribution in [3.8, 4) is 0 Å². The molecule has 2 aliphatic heterocycles. The smallest absolute Gasteiger partial charge is 0.242 e. The van der Waals surface area contributed by atoms with Crippen LogP contribution < -0.4 is 5.32 Å². The van der Waals surface area contributed by atoms with Crippen molar-refractivity contribution >= 4 is 17.2 Å². The van der Waals surface area contributed by atoms with Crippen LogP contribution in [0.5, 0.6) is 0 Å². The SMILES string of the molecule is CCC1(C(=O)N2CCCN(Cc3csc(C)n3)CC2)CCCN1.